The van der Waals surface area contributed by atoms with Gasteiger partial charge in [-0.1, -0.05) is 0 Å². The maximum atomic E-state index is 11.7. The summed E-state index contributed by atoms with van der Waals surface area (Å²) in [5.74, 6) is 0.859. The highest BCUT2D eigenvalue weighted by molar-refractivity contribution is 5.02. The minimum Gasteiger partial charge on any atom is -0.382 e. The third kappa shape index (κ3) is 1.73. The van der Waals surface area contributed by atoms with Crippen LogP contribution in [-0.2, 0) is 9.47 Å². The fraction of sp³-hybridized carbons (Fsp3) is 0.636. The van der Waals surface area contributed by atoms with Crippen LogP contribution in [0.25, 0.3) is 0 Å². The van der Waals surface area contributed by atoms with Crippen molar-refractivity contribution in [3.63, 3.8) is 0 Å². The van der Waals surface area contributed by atoms with Crippen LogP contribution in [0.2, 0.25) is 0 Å². The Morgan fingerprint density at radius 2 is 2.35 bits per heavy atom. The lowest BCUT2D eigenvalue weighted by Gasteiger charge is -2.19. The molecule has 1 N–H and O–H groups in total. The van der Waals surface area contributed by atoms with Gasteiger partial charge in [0.25, 0.3) is 5.56 Å². The van der Waals surface area contributed by atoms with Crippen LogP contribution < -0.4 is 11.2 Å². The third-order valence-electron chi connectivity index (χ3n) is 3.51. The second-order valence-corrected chi connectivity index (χ2v) is 4.60. The monoisotopic (exact) mass is 238 g/mol. The summed E-state index contributed by atoms with van der Waals surface area (Å²) in [5.41, 5.74) is -0.795. The number of ether oxygens (including phenoxy) is 2. The molecular weight excluding hydrogens is 224 g/mol. The van der Waals surface area contributed by atoms with Gasteiger partial charge in [0.15, 0.2) is 0 Å². The van der Waals surface area contributed by atoms with Crippen LogP contribution in [0.3, 0.4) is 0 Å². The van der Waals surface area contributed by atoms with E-state index in [1.807, 2.05) is 0 Å². The van der Waals surface area contributed by atoms with Crippen molar-refractivity contribution < 1.29 is 9.47 Å². The summed E-state index contributed by atoms with van der Waals surface area (Å²) in [6, 6.07) is 1.34. The fourth-order valence-electron chi connectivity index (χ4n) is 2.60. The molecule has 0 amide bonds. The van der Waals surface area contributed by atoms with Gasteiger partial charge in [0.1, 0.15) is 6.23 Å². The molecule has 0 unspecified atom stereocenters. The van der Waals surface area contributed by atoms with Crippen LogP contribution in [0.15, 0.2) is 21.9 Å². The molecule has 1 aromatic heterocycles. The Labute approximate surface area is 97.2 Å². The highest BCUT2D eigenvalue weighted by Crippen LogP contribution is 2.56. The van der Waals surface area contributed by atoms with Gasteiger partial charge in [0.05, 0.1) is 12.7 Å². The molecule has 17 heavy (non-hydrogen) atoms. The third-order valence-corrected chi connectivity index (χ3v) is 3.51. The zero-order valence-electron chi connectivity index (χ0n) is 9.46. The summed E-state index contributed by atoms with van der Waals surface area (Å²) in [6.07, 6.45) is 2.36. The van der Waals surface area contributed by atoms with Gasteiger partial charge in [-0.2, -0.15) is 0 Å². The normalized spacial score (nSPS) is 34.6. The lowest BCUT2D eigenvalue weighted by Crippen LogP contribution is -2.33. The summed E-state index contributed by atoms with van der Waals surface area (Å²) in [4.78, 5) is 24.9. The van der Waals surface area contributed by atoms with Gasteiger partial charge in [-0.15, -0.1) is 0 Å². The van der Waals surface area contributed by atoms with Gasteiger partial charge in [-0.3, -0.25) is 14.3 Å². The quantitative estimate of drug-likeness (QED) is 0.785. The van der Waals surface area contributed by atoms with E-state index in [1.165, 1.54) is 16.8 Å². The summed E-state index contributed by atoms with van der Waals surface area (Å²) in [5, 5.41) is 0. The molecule has 1 aliphatic carbocycles. The predicted octanol–water partition coefficient (Wildman–Crippen LogP) is -0.284. The minimum atomic E-state index is -0.411. The molecule has 6 heteroatoms. The molecule has 3 rings (SSSR count). The second-order valence-electron chi connectivity index (χ2n) is 4.60. The average Bonchev–Trinajstić information content (AvgIpc) is 2.99. The molecule has 4 atom stereocenters. The molecule has 1 aromatic rings. The largest absolute Gasteiger partial charge is 0.382 e. The van der Waals surface area contributed by atoms with Crippen LogP contribution in [0.1, 0.15) is 12.6 Å². The smallest absolute Gasteiger partial charge is 0.330 e. The van der Waals surface area contributed by atoms with Crippen molar-refractivity contribution in [3.05, 3.63) is 33.1 Å². The topological polar surface area (TPSA) is 73.3 Å². The van der Waals surface area contributed by atoms with Crippen molar-refractivity contribution in [2.75, 3.05) is 13.7 Å². The van der Waals surface area contributed by atoms with Gasteiger partial charge >= 0.3 is 5.69 Å². The van der Waals surface area contributed by atoms with E-state index < -0.39 is 5.69 Å². The van der Waals surface area contributed by atoms with Crippen molar-refractivity contribution in [3.8, 4) is 0 Å². The molecule has 0 radical (unpaired) electrons. The minimum absolute atomic E-state index is 0.0637. The Morgan fingerprint density at radius 3 is 3.06 bits per heavy atom. The van der Waals surface area contributed by atoms with Crippen LogP contribution in [0.5, 0.6) is 0 Å². The fourth-order valence-corrected chi connectivity index (χ4v) is 2.60. The summed E-state index contributed by atoms with van der Waals surface area (Å²) in [6.45, 7) is 0.551. The Kier molecular flexibility index (Phi) is 2.41. The van der Waals surface area contributed by atoms with E-state index in [9.17, 15) is 9.59 Å². The molecule has 2 fully saturated rings. The van der Waals surface area contributed by atoms with Crippen molar-refractivity contribution in [2.24, 2.45) is 11.8 Å². The highest BCUT2D eigenvalue weighted by Gasteiger charge is 2.56. The summed E-state index contributed by atoms with van der Waals surface area (Å²) < 4.78 is 12.3. The number of nitrogens with one attached hydrogen (secondary N) is 1. The van der Waals surface area contributed by atoms with E-state index in [4.69, 9.17) is 9.47 Å². The number of fused-ring (bicyclic) bond motifs is 1. The van der Waals surface area contributed by atoms with Gasteiger partial charge in [-0.05, 0) is 12.3 Å². The molecule has 1 aliphatic heterocycles. The van der Waals surface area contributed by atoms with Crippen LogP contribution in [0, 0.1) is 11.8 Å². The van der Waals surface area contributed by atoms with E-state index >= 15 is 0 Å². The number of H-pyrrole nitrogens is 1. The second kappa shape index (κ2) is 3.82. The van der Waals surface area contributed by atoms with Crippen LogP contribution in [-0.4, -0.2) is 29.4 Å². The number of nitrogens with zero attached hydrogens (tertiary/aromatic N) is 1. The van der Waals surface area contributed by atoms with Gasteiger partial charge in [0.2, 0.25) is 0 Å². The number of methoxy groups -OCH3 is 1. The van der Waals surface area contributed by atoms with E-state index in [1.54, 1.807) is 7.11 Å². The van der Waals surface area contributed by atoms with Crippen LogP contribution in [0.4, 0.5) is 0 Å². The zero-order chi connectivity index (χ0) is 12.0. The van der Waals surface area contributed by atoms with E-state index in [2.05, 4.69) is 4.98 Å². The average molecular weight is 238 g/mol. The van der Waals surface area contributed by atoms with Gasteiger partial charge in [0, 0.05) is 25.3 Å². The molecule has 0 spiro atoms. The SMILES string of the molecule is COC[C@H]1O[C@@H](n2ccc(=O)[nH]c2=O)[C@@H]2C[C@@H]21. The first-order valence-corrected chi connectivity index (χ1v) is 5.66. The molecule has 6 nitrogen and oxygen atoms in total. The van der Waals surface area contributed by atoms with Crippen molar-refractivity contribution in [2.45, 2.75) is 18.8 Å². The number of rotatable bonds is 3. The molecular formula is C11H14N2O4. The molecule has 2 aliphatic rings. The Morgan fingerprint density at radius 1 is 1.53 bits per heavy atom. The van der Waals surface area contributed by atoms with Crippen LogP contribution >= 0.6 is 0 Å². The summed E-state index contributed by atoms with van der Waals surface area (Å²) >= 11 is 0. The molecule has 1 saturated carbocycles. The molecule has 92 valence electrons. The number of hydrogen-bond acceptors (Lipinski definition) is 4. The van der Waals surface area contributed by atoms with E-state index in [0.717, 1.165) is 6.42 Å². The van der Waals surface area contributed by atoms with Crippen molar-refractivity contribution in [1.29, 1.82) is 0 Å². The Balaban J connectivity index is 1.87. The van der Waals surface area contributed by atoms with Crippen molar-refractivity contribution >= 4 is 0 Å². The molecule has 0 aromatic carbocycles. The summed E-state index contributed by atoms with van der Waals surface area (Å²) in [7, 11) is 1.64. The lowest BCUT2D eigenvalue weighted by atomic mass is 10.2. The first-order chi connectivity index (χ1) is 8.20. The number of hydrogen-bond donors (Lipinski definition) is 1. The van der Waals surface area contributed by atoms with Crippen molar-refractivity contribution in [1.82, 2.24) is 9.55 Å². The first-order valence-electron chi connectivity index (χ1n) is 5.66. The van der Waals surface area contributed by atoms with Gasteiger partial charge in [-0.25, -0.2) is 4.79 Å². The predicted molar refractivity (Wildman–Crippen MR) is 58.7 cm³/mol. The van der Waals surface area contributed by atoms with E-state index in [-0.39, 0.29) is 17.9 Å². The number of aromatic nitrogens is 2. The van der Waals surface area contributed by atoms with Gasteiger partial charge < -0.3 is 9.47 Å². The Hall–Kier alpha value is -1.40. The molecule has 0 bridgehead atoms. The maximum Gasteiger partial charge on any atom is 0.330 e. The lowest BCUT2D eigenvalue weighted by molar-refractivity contribution is -0.0590. The first kappa shape index (κ1) is 10.7. The molecule has 2 heterocycles. The Bertz CT molecular complexity index is 535. The highest BCUT2D eigenvalue weighted by atomic mass is 16.6. The molecule has 1 saturated heterocycles. The van der Waals surface area contributed by atoms with E-state index in [0.29, 0.717) is 18.4 Å². The zero-order valence-corrected chi connectivity index (χ0v) is 9.46. The standard InChI is InChI=1S/C11H14N2O4/c1-16-5-8-6-4-7(6)10(17-8)13-3-2-9(14)12-11(13)15/h2-3,6-8,10H,4-5H2,1H3,(H,12,14,15)/t6-,7+,8+,10+/m0/s1. The maximum absolute atomic E-state index is 11.7. The number of aromatic amines is 1.